The van der Waals surface area contributed by atoms with Crippen molar-refractivity contribution in [1.29, 1.82) is 0 Å². The van der Waals surface area contributed by atoms with Crippen LogP contribution < -0.4 is 0 Å². The number of H-pyrrole nitrogens is 1. The molecule has 0 aliphatic heterocycles. The zero-order valence-electron chi connectivity index (χ0n) is 11.5. The molecule has 0 amide bonds. The second kappa shape index (κ2) is 6.17. The third-order valence-corrected chi connectivity index (χ3v) is 2.60. The van der Waals surface area contributed by atoms with Crippen molar-refractivity contribution in [3.63, 3.8) is 0 Å². The Morgan fingerprint density at radius 3 is 2.16 bits per heavy atom. The summed E-state index contributed by atoms with van der Waals surface area (Å²) in [6.45, 7) is 6.89. The Morgan fingerprint density at radius 1 is 1.05 bits per heavy atom. The molecule has 0 unspecified atom stereocenters. The highest BCUT2D eigenvalue weighted by molar-refractivity contribution is 6.40. The molecule has 0 radical (unpaired) electrons. The van der Waals surface area contributed by atoms with E-state index in [1.54, 1.807) is 27.7 Å². The van der Waals surface area contributed by atoms with Crippen LogP contribution in [0.1, 0.15) is 46.0 Å². The first-order valence-corrected chi connectivity index (χ1v) is 6.01. The van der Waals surface area contributed by atoms with E-state index in [9.17, 15) is 14.4 Å². The summed E-state index contributed by atoms with van der Waals surface area (Å²) in [7, 11) is 0. The van der Waals surface area contributed by atoms with Crippen molar-refractivity contribution in [2.45, 2.75) is 27.7 Å². The maximum atomic E-state index is 11.8. The topological polar surface area (TPSA) is 85.5 Å². The van der Waals surface area contributed by atoms with E-state index in [0.29, 0.717) is 11.3 Å². The van der Waals surface area contributed by atoms with Gasteiger partial charge in [0.15, 0.2) is 0 Å². The van der Waals surface area contributed by atoms with Crippen molar-refractivity contribution in [1.82, 2.24) is 4.98 Å². The molecule has 0 aliphatic carbocycles. The number of ketones is 1. The van der Waals surface area contributed by atoms with Crippen LogP contribution in [0.15, 0.2) is 0 Å². The first-order chi connectivity index (χ1) is 8.93. The lowest BCUT2D eigenvalue weighted by Crippen LogP contribution is -2.19. The second-order valence-electron chi connectivity index (χ2n) is 3.90. The minimum atomic E-state index is -0.942. The van der Waals surface area contributed by atoms with E-state index in [4.69, 9.17) is 4.74 Å². The average molecular weight is 267 g/mol. The van der Waals surface area contributed by atoms with E-state index in [0.717, 1.165) is 0 Å². The Hall–Kier alpha value is -2.11. The van der Waals surface area contributed by atoms with Gasteiger partial charge in [-0.1, -0.05) is 0 Å². The zero-order valence-corrected chi connectivity index (χ0v) is 11.5. The smallest absolute Gasteiger partial charge is 0.381 e. The van der Waals surface area contributed by atoms with Crippen molar-refractivity contribution in [2.24, 2.45) is 0 Å². The number of aryl methyl sites for hydroxylation is 1. The number of aromatic amines is 1. The van der Waals surface area contributed by atoms with E-state index in [1.165, 1.54) is 0 Å². The predicted octanol–water partition coefficient (Wildman–Crippen LogP) is 1.55. The van der Waals surface area contributed by atoms with Crippen molar-refractivity contribution in [3.05, 3.63) is 22.5 Å². The Bertz CT molecular complexity index is 515. The van der Waals surface area contributed by atoms with Gasteiger partial charge in [0.2, 0.25) is 0 Å². The maximum Gasteiger partial charge on any atom is 0.381 e. The van der Waals surface area contributed by atoms with E-state index >= 15 is 0 Å². The number of hydrogen-bond acceptors (Lipinski definition) is 5. The van der Waals surface area contributed by atoms with Crippen molar-refractivity contribution >= 4 is 17.7 Å². The summed E-state index contributed by atoms with van der Waals surface area (Å²) in [6.07, 6.45) is 0. The summed E-state index contributed by atoms with van der Waals surface area (Å²) in [5.41, 5.74) is 1.24. The van der Waals surface area contributed by atoms with Gasteiger partial charge in [0, 0.05) is 5.69 Å². The molecule has 104 valence electrons. The van der Waals surface area contributed by atoms with Gasteiger partial charge in [-0.25, -0.2) is 9.59 Å². The molecule has 1 rings (SSSR count). The predicted molar refractivity (Wildman–Crippen MR) is 67.2 cm³/mol. The molecule has 0 bridgehead atoms. The first-order valence-electron chi connectivity index (χ1n) is 6.01. The SMILES string of the molecule is CCOC(=O)C(=O)c1[nH]c(C)c(C(=O)OCC)c1C. The van der Waals surface area contributed by atoms with Crippen LogP contribution in [0.25, 0.3) is 0 Å². The molecule has 0 spiro atoms. The van der Waals surface area contributed by atoms with Gasteiger partial charge in [0.25, 0.3) is 5.78 Å². The molecule has 0 fully saturated rings. The lowest BCUT2D eigenvalue weighted by Gasteiger charge is -2.02. The molecule has 1 aromatic heterocycles. The fraction of sp³-hybridized carbons (Fsp3) is 0.462. The molecular weight excluding hydrogens is 250 g/mol. The Balaban J connectivity index is 3.12. The normalized spacial score (nSPS) is 10.1. The molecule has 1 N–H and O–H groups in total. The van der Waals surface area contributed by atoms with Gasteiger partial charge in [0.1, 0.15) is 0 Å². The largest absolute Gasteiger partial charge is 0.462 e. The fourth-order valence-corrected chi connectivity index (χ4v) is 1.79. The number of nitrogens with one attached hydrogen (secondary N) is 1. The lowest BCUT2D eigenvalue weighted by atomic mass is 10.1. The van der Waals surface area contributed by atoms with Crippen molar-refractivity contribution < 1.29 is 23.9 Å². The molecule has 19 heavy (non-hydrogen) atoms. The molecule has 0 saturated heterocycles. The molecule has 1 aromatic rings. The summed E-state index contributed by atoms with van der Waals surface area (Å²) in [6, 6.07) is 0. The minimum Gasteiger partial charge on any atom is -0.462 e. The standard InChI is InChI=1S/C13H17NO5/c1-5-18-12(16)9-7(3)10(14-8(9)4)11(15)13(17)19-6-2/h14H,5-6H2,1-4H3. The van der Waals surface area contributed by atoms with E-state index in [2.05, 4.69) is 9.72 Å². The summed E-state index contributed by atoms with van der Waals surface area (Å²) in [5, 5.41) is 0. The van der Waals surface area contributed by atoms with Gasteiger partial charge in [-0.05, 0) is 33.3 Å². The Labute approximate surface area is 111 Å². The van der Waals surface area contributed by atoms with Gasteiger partial charge in [-0.3, -0.25) is 4.79 Å². The highest BCUT2D eigenvalue weighted by Crippen LogP contribution is 2.19. The molecular formula is C13H17NO5. The van der Waals surface area contributed by atoms with Crippen LogP contribution in [0.3, 0.4) is 0 Å². The Kier molecular flexibility index (Phi) is 4.86. The van der Waals surface area contributed by atoms with Gasteiger partial charge < -0.3 is 14.5 Å². The van der Waals surface area contributed by atoms with Gasteiger partial charge >= 0.3 is 11.9 Å². The van der Waals surface area contributed by atoms with E-state index in [1.807, 2.05) is 0 Å². The van der Waals surface area contributed by atoms with Crippen LogP contribution in [0.5, 0.6) is 0 Å². The highest BCUT2D eigenvalue weighted by atomic mass is 16.5. The van der Waals surface area contributed by atoms with E-state index < -0.39 is 17.7 Å². The fourth-order valence-electron chi connectivity index (χ4n) is 1.79. The molecule has 6 heteroatoms. The van der Waals surface area contributed by atoms with Crippen LogP contribution in [0, 0.1) is 13.8 Å². The molecule has 0 saturated carbocycles. The van der Waals surface area contributed by atoms with Crippen molar-refractivity contribution in [2.75, 3.05) is 13.2 Å². The monoisotopic (exact) mass is 267 g/mol. The van der Waals surface area contributed by atoms with Crippen molar-refractivity contribution in [3.8, 4) is 0 Å². The van der Waals surface area contributed by atoms with Crippen LogP contribution in [0.2, 0.25) is 0 Å². The minimum absolute atomic E-state index is 0.0685. The van der Waals surface area contributed by atoms with Gasteiger partial charge in [-0.15, -0.1) is 0 Å². The van der Waals surface area contributed by atoms with Crippen LogP contribution in [0.4, 0.5) is 0 Å². The number of Topliss-reactive ketones (excluding diaryl/α,β-unsaturated/α-hetero) is 1. The van der Waals surface area contributed by atoms with Gasteiger partial charge in [0.05, 0.1) is 24.5 Å². The quantitative estimate of drug-likeness (QED) is 0.497. The van der Waals surface area contributed by atoms with Gasteiger partial charge in [-0.2, -0.15) is 0 Å². The number of hydrogen-bond donors (Lipinski definition) is 1. The number of ether oxygens (including phenoxy) is 2. The number of esters is 2. The first kappa shape index (κ1) is 14.9. The maximum absolute atomic E-state index is 11.8. The lowest BCUT2D eigenvalue weighted by molar-refractivity contribution is -0.137. The summed E-state index contributed by atoms with van der Waals surface area (Å²) < 4.78 is 9.55. The highest BCUT2D eigenvalue weighted by Gasteiger charge is 2.27. The summed E-state index contributed by atoms with van der Waals surface area (Å²) in [5.74, 6) is -2.25. The Morgan fingerprint density at radius 2 is 1.63 bits per heavy atom. The number of rotatable bonds is 5. The number of carbonyl (C=O) groups excluding carboxylic acids is 3. The summed E-state index contributed by atoms with van der Waals surface area (Å²) >= 11 is 0. The average Bonchev–Trinajstić information content (AvgIpc) is 2.64. The van der Waals surface area contributed by atoms with E-state index in [-0.39, 0.29) is 24.5 Å². The third kappa shape index (κ3) is 3.01. The number of aromatic nitrogens is 1. The zero-order chi connectivity index (χ0) is 14.6. The number of carbonyl (C=O) groups is 3. The second-order valence-corrected chi connectivity index (χ2v) is 3.90. The van der Waals surface area contributed by atoms with Crippen LogP contribution >= 0.6 is 0 Å². The summed E-state index contributed by atoms with van der Waals surface area (Å²) in [4.78, 5) is 37.7. The molecule has 0 atom stereocenters. The molecule has 0 aliphatic rings. The van der Waals surface area contributed by atoms with Crippen LogP contribution in [-0.2, 0) is 14.3 Å². The third-order valence-electron chi connectivity index (χ3n) is 2.60. The van der Waals surface area contributed by atoms with Crippen LogP contribution in [-0.4, -0.2) is 35.9 Å². The molecule has 0 aromatic carbocycles. The molecule has 6 nitrogen and oxygen atoms in total. The molecule has 1 heterocycles.